The molecule has 0 amide bonds. The molecule has 1 saturated heterocycles. The molecular weight excluding hydrogens is 292 g/mol. The van der Waals surface area contributed by atoms with Gasteiger partial charge in [0.2, 0.25) is 10.0 Å². The molecule has 1 aromatic rings. The first kappa shape index (κ1) is 15.9. The van der Waals surface area contributed by atoms with E-state index in [2.05, 4.69) is 4.72 Å². The van der Waals surface area contributed by atoms with Crippen LogP contribution in [0.5, 0.6) is 0 Å². The Morgan fingerprint density at radius 1 is 1.33 bits per heavy atom. The van der Waals surface area contributed by atoms with Crippen LogP contribution in [0.2, 0.25) is 0 Å². The monoisotopic (exact) mass is 310 g/mol. The van der Waals surface area contributed by atoms with Gasteiger partial charge in [0.1, 0.15) is 6.07 Å². The molecular formula is C14H18N2O4S. The van der Waals surface area contributed by atoms with Gasteiger partial charge >= 0.3 is 0 Å². The smallest absolute Gasteiger partial charge is 0.241 e. The van der Waals surface area contributed by atoms with E-state index in [4.69, 9.17) is 14.7 Å². The predicted molar refractivity (Wildman–Crippen MR) is 75.9 cm³/mol. The number of ether oxygens (including phenoxy) is 2. The van der Waals surface area contributed by atoms with Crippen LogP contribution in [0, 0.1) is 11.3 Å². The van der Waals surface area contributed by atoms with Gasteiger partial charge in [-0.2, -0.15) is 5.26 Å². The van der Waals surface area contributed by atoms with Gasteiger partial charge in [0, 0.05) is 13.0 Å². The van der Waals surface area contributed by atoms with Crippen LogP contribution < -0.4 is 4.72 Å². The van der Waals surface area contributed by atoms with Crippen molar-refractivity contribution < 1.29 is 17.9 Å². The molecule has 1 aliphatic heterocycles. The minimum absolute atomic E-state index is 0.0110. The van der Waals surface area contributed by atoms with E-state index in [1.165, 1.54) is 12.1 Å². The fourth-order valence-corrected chi connectivity index (χ4v) is 3.29. The summed E-state index contributed by atoms with van der Waals surface area (Å²) in [5.41, 5.74) is 0.126. The second-order valence-electron chi connectivity index (χ2n) is 4.94. The number of hydrogen-bond donors (Lipinski definition) is 1. The highest BCUT2D eigenvalue weighted by Crippen LogP contribution is 2.22. The van der Waals surface area contributed by atoms with Crippen LogP contribution in [-0.4, -0.2) is 34.0 Å². The van der Waals surface area contributed by atoms with Crippen molar-refractivity contribution in [3.05, 3.63) is 29.8 Å². The molecule has 0 radical (unpaired) electrons. The van der Waals surface area contributed by atoms with Crippen molar-refractivity contribution in [3.63, 3.8) is 0 Å². The molecule has 0 aromatic heterocycles. The number of sulfonamides is 1. The molecule has 1 aromatic carbocycles. The van der Waals surface area contributed by atoms with Gasteiger partial charge in [-0.05, 0) is 25.5 Å². The van der Waals surface area contributed by atoms with Gasteiger partial charge in [0.15, 0.2) is 5.79 Å². The Kier molecular flexibility index (Phi) is 4.96. The van der Waals surface area contributed by atoms with E-state index in [0.29, 0.717) is 19.6 Å². The zero-order chi connectivity index (χ0) is 15.3. The average molecular weight is 310 g/mol. The standard InChI is InChI=1S/C14H18N2O4S/c1-14(19-9-4-10-20-14)7-8-16-21(17,18)13-6-3-2-5-12(13)11-15/h2-3,5-6,16H,4,7-10H2,1H3. The lowest BCUT2D eigenvalue weighted by molar-refractivity contribution is -0.257. The molecule has 1 N–H and O–H groups in total. The van der Waals surface area contributed by atoms with Crippen LogP contribution in [0.1, 0.15) is 25.3 Å². The highest BCUT2D eigenvalue weighted by molar-refractivity contribution is 7.89. The first-order chi connectivity index (χ1) is 9.97. The third-order valence-electron chi connectivity index (χ3n) is 3.27. The molecule has 1 aliphatic rings. The van der Waals surface area contributed by atoms with Crippen molar-refractivity contribution in [2.45, 2.75) is 30.4 Å². The van der Waals surface area contributed by atoms with Crippen LogP contribution in [0.25, 0.3) is 0 Å². The van der Waals surface area contributed by atoms with E-state index in [1.54, 1.807) is 19.1 Å². The van der Waals surface area contributed by atoms with Crippen molar-refractivity contribution in [1.29, 1.82) is 5.26 Å². The van der Waals surface area contributed by atoms with Crippen LogP contribution in [0.3, 0.4) is 0 Å². The molecule has 0 aliphatic carbocycles. The lowest BCUT2D eigenvalue weighted by Gasteiger charge is -2.33. The van der Waals surface area contributed by atoms with Gasteiger partial charge in [-0.25, -0.2) is 13.1 Å². The molecule has 2 rings (SSSR count). The highest BCUT2D eigenvalue weighted by atomic mass is 32.2. The van der Waals surface area contributed by atoms with Crippen LogP contribution in [0.4, 0.5) is 0 Å². The number of nitrogens with one attached hydrogen (secondary N) is 1. The Labute approximate surface area is 124 Å². The highest BCUT2D eigenvalue weighted by Gasteiger charge is 2.29. The maximum Gasteiger partial charge on any atom is 0.241 e. The Morgan fingerprint density at radius 3 is 2.67 bits per heavy atom. The first-order valence-electron chi connectivity index (χ1n) is 6.74. The number of hydrogen-bond acceptors (Lipinski definition) is 5. The third-order valence-corrected chi connectivity index (χ3v) is 4.79. The number of benzene rings is 1. The minimum Gasteiger partial charge on any atom is -0.350 e. The van der Waals surface area contributed by atoms with E-state index < -0.39 is 15.8 Å². The van der Waals surface area contributed by atoms with Gasteiger partial charge in [0.05, 0.1) is 23.7 Å². The summed E-state index contributed by atoms with van der Waals surface area (Å²) in [5.74, 6) is -0.754. The third kappa shape index (κ3) is 4.02. The number of nitrogens with zero attached hydrogens (tertiary/aromatic N) is 1. The van der Waals surface area contributed by atoms with Gasteiger partial charge in [-0.1, -0.05) is 12.1 Å². The van der Waals surface area contributed by atoms with Crippen molar-refractivity contribution in [2.24, 2.45) is 0 Å². The summed E-state index contributed by atoms with van der Waals surface area (Å²) < 4.78 is 38.0. The van der Waals surface area contributed by atoms with Crippen LogP contribution in [0.15, 0.2) is 29.2 Å². The van der Waals surface area contributed by atoms with Crippen molar-refractivity contribution in [3.8, 4) is 6.07 Å². The van der Waals surface area contributed by atoms with Gasteiger partial charge < -0.3 is 9.47 Å². The Balaban J connectivity index is 2.00. The molecule has 6 nitrogen and oxygen atoms in total. The van der Waals surface area contributed by atoms with Gasteiger partial charge in [-0.15, -0.1) is 0 Å². The Morgan fingerprint density at radius 2 is 2.00 bits per heavy atom. The maximum absolute atomic E-state index is 12.2. The molecule has 0 atom stereocenters. The zero-order valence-corrected chi connectivity index (χ0v) is 12.6. The topological polar surface area (TPSA) is 88.4 Å². The largest absolute Gasteiger partial charge is 0.350 e. The Bertz CT molecular complexity index is 631. The molecule has 0 saturated carbocycles. The van der Waals surface area contributed by atoms with E-state index in [1.807, 2.05) is 6.07 Å². The maximum atomic E-state index is 12.2. The second kappa shape index (κ2) is 6.54. The molecule has 21 heavy (non-hydrogen) atoms. The summed E-state index contributed by atoms with van der Waals surface area (Å²) in [6, 6.07) is 7.98. The summed E-state index contributed by atoms with van der Waals surface area (Å²) in [5, 5.41) is 8.97. The normalized spacial score (nSPS) is 18.1. The molecule has 1 heterocycles. The summed E-state index contributed by atoms with van der Waals surface area (Å²) in [4.78, 5) is -0.0110. The molecule has 0 spiro atoms. The summed E-state index contributed by atoms with van der Waals surface area (Å²) in [7, 11) is -3.71. The molecule has 0 unspecified atom stereocenters. The van der Waals surface area contributed by atoms with Crippen molar-refractivity contribution >= 4 is 10.0 Å². The van der Waals surface area contributed by atoms with E-state index in [9.17, 15) is 8.42 Å². The quantitative estimate of drug-likeness (QED) is 0.887. The lowest BCUT2D eigenvalue weighted by atomic mass is 10.2. The fourth-order valence-electron chi connectivity index (χ4n) is 2.10. The minimum atomic E-state index is -3.71. The van der Waals surface area contributed by atoms with Gasteiger partial charge in [-0.3, -0.25) is 0 Å². The summed E-state index contributed by atoms with van der Waals surface area (Å²) in [6.45, 7) is 3.20. The van der Waals surface area contributed by atoms with E-state index in [-0.39, 0.29) is 17.0 Å². The average Bonchev–Trinajstić information content (AvgIpc) is 2.47. The molecule has 1 fully saturated rings. The van der Waals surface area contributed by atoms with Crippen molar-refractivity contribution in [1.82, 2.24) is 4.72 Å². The second-order valence-corrected chi connectivity index (χ2v) is 6.68. The predicted octanol–water partition coefficient (Wildman–Crippen LogP) is 1.38. The summed E-state index contributed by atoms with van der Waals surface area (Å²) in [6.07, 6.45) is 1.25. The first-order valence-corrected chi connectivity index (χ1v) is 8.22. The molecule has 0 bridgehead atoms. The number of rotatable bonds is 5. The van der Waals surface area contributed by atoms with Gasteiger partial charge in [0.25, 0.3) is 0 Å². The fraction of sp³-hybridized carbons (Fsp3) is 0.500. The lowest BCUT2D eigenvalue weighted by Crippen LogP contribution is -2.41. The zero-order valence-electron chi connectivity index (χ0n) is 11.8. The molecule has 114 valence electrons. The van der Waals surface area contributed by atoms with Crippen molar-refractivity contribution in [2.75, 3.05) is 19.8 Å². The summed E-state index contributed by atoms with van der Waals surface area (Å²) >= 11 is 0. The van der Waals surface area contributed by atoms with Crippen LogP contribution in [-0.2, 0) is 19.5 Å². The van der Waals surface area contributed by atoms with E-state index in [0.717, 1.165) is 6.42 Å². The SMILES string of the molecule is CC1(CCNS(=O)(=O)c2ccccc2C#N)OCCCO1. The van der Waals surface area contributed by atoms with Crippen LogP contribution >= 0.6 is 0 Å². The molecule has 7 heteroatoms. The number of nitriles is 1. The van der Waals surface area contributed by atoms with E-state index >= 15 is 0 Å². The Hall–Kier alpha value is -1.46.